The van der Waals surface area contributed by atoms with Crippen LogP contribution < -0.4 is 16.4 Å². The number of likely N-dealkylation sites (N-methyl/N-ethyl adjacent to an activating group) is 1. The minimum absolute atomic E-state index is 0.00749. The molecule has 244 valence electrons. The lowest BCUT2D eigenvalue weighted by atomic mass is 9.52. The van der Waals surface area contributed by atoms with Gasteiger partial charge in [-0.25, -0.2) is 0 Å². The van der Waals surface area contributed by atoms with Crippen LogP contribution in [0, 0.1) is 34.5 Å². The van der Waals surface area contributed by atoms with Crippen molar-refractivity contribution in [2.45, 2.75) is 85.2 Å². The molecule has 1 aromatic rings. The highest BCUT2D eigenvalue weighted by Gasteiger charge is 2.69. The van der Waals surface area contributed by atoms with Gasteiger partial charge in [-0.05, 0) is 60.9 Å². The number of phenolic OH excluding ortho intramolecular Hbond substituents is 1. The number of amides is 1. The largest absolute Gasteiger partial charge is 0.507 e. The van der Waals surface area contributed by atoms with Crippen LogP contribution in [-0.4, -0.2) is 88.4 Å². The number of carbonyl (C=O) groups excluding carboxylic acids is 4. The minimum Gasteiger partial charge on any atom is -0.507 e. The van der Waals surface area contributed by atoms with E-state index < -0.39 is 64.7 Å². The molecule has 0 aromatic heterocycles. The number of primary amides is 1. The fraction of sp³-hybridized carbons (Fsp3) is 0.697. The zero-order valence-corrected chi connectivity index (χ0v) is 27.3. The number of benzene rings is 1. The zero-order chi connectivity index (χ0) is 33.1. The predicted octanol–water partition coefficient (Wildman–Crippen LogP) is 0.930. The molecule has 7 atom stereocenters. The summed E-state index contributed by atoms with van der Waals surface area (Å²) in [4.78, 5) is 55.9. The number of aromatic hydroxyl groups is 1. The molecular formula is C33H50N4O7. The number of ketones is 3. The van der Waals surface area contributed by atoms with Crippen molar-refractivity contribution in [1.29, 1.82) is 0 Å². The van der Waals surface area contributed by atoms with Crippen molar-refractivity contribution in [2.24, 2.45) is 40.2 Å². The molecule has 4 rings (SSSR count). The van der Waals surface area contributed by atoms with Crippen LogP contribution in [0.4, 0.5) is 0 Å². The Kier molecular flexibility index (Phi) is 9.25. The van der Waals surface area contributed by atoms with E-state index in [2.05, 4.69) is 52.2 Å². The van der Waals surface area contributed by atoms with Gasteiger partial charge in [0.15, 0.2) is 23.0 Å². The summed E-state index contributed by atoms with van der Waals surface area (Å²) in [5.41, 5.74) is 4.83. The number of carbonyl (C=O) groups is 4. The van der Waals surface area contributed by atoms with Crippen molar-refractivity contribution in [3.05, 3.63) is 28.3 Å². The van der Waals surface area contributed by atoms with E-state index in [1.807, 2.05) is 6.07 Å². The van der Waals surface area contributed by atoms with Gasteiger partial charge in [0.1, 0.15) is 11.7 Å². The second-order valence-corrected chi connectivity index (χ2v) is 15.7. The van der Waals surface area contributed by atoms with Crippen LogP contribution in [0.5, 0.6) is 5.75 Å². The monoisotopic (exact) mass is 614 g/mol. The van der Waals surface area contributed by atoms with E-state index in [0.29, 0.717) is 37.3 Å². The quantitative estimate of drug-likeness (QED) is 0.231. The number of nitrogens with two attached hydrogens (primary N) is 1. The van der Waals surface area contributed by atoms with Crippen LogP contribution in [0.2, 0.25) is 0 Å². The van der Waals surface area contributed by atoms with Gasteiger partial charge < -0.3 is 36.6 Å². The summed E-state index contributed by atoms with van der Waals surface area (Å²) in [5, 5.41) is 41.2. The summed E-state index contributed by atoms with van der Waals surface area (Å²) in [6.07, 6.45) is -1.18. The third-order valence-electron chi connectivity index (χ3n) is 9.40. The van der Waals surface area contributed by atoms with Gasteiger partial charge in [0.25, 0.3) is 0 Å². The molecule has 0 radical (unpaired) electrons. The first-order valence-corrected chi connectivity index (χ1v) is 15.5. The van der Waals surface area contributed by atoms with E-state index in [-0.39, 0.29) is 35.0 Å². The second kappa shape index (κ2) is 11.9. The summed E-state index contributed by atoms with van der Waals surface area (Å²) >= 11 is 0. The molecule has 3 aliphatic rings. The molecule has 4 unspecified atom stereocenters. The van der Waals surface area contributed by atoms with Gasteiger partial charge in [0.2, 0.25) is 5.91 Å². The van der Waals surface area contributed by atoms with Crippen molar-refractivity contribution in [3.8, 4) is 5.75 Å². The molecule has 0 heterocycles. The van der Waals surface area contributed by atoms with E-state index in [4.69, 9.17) is 5.73 Å². The molecular weight excluding hydrogens is 564 g/mol. The van der Waals surface area contributed by atoms with Gasteiger partial charge in [-0.2, -0.15) is 0 Å². The molecule has 0 spiro atoms. The van der Waals surface area contributed by atoms with Crippen LogP contribution in [0.1, 0.15) is 75.0 Å². The van der Waals surface area contributed by atoms with Crippen molar-refractivity contribution in [2.75, 3.05) is 27.2 Å². The van der Waals surface area contributed by atoms with Gasteiger partial charge in [-0.3, -0.25) is 19.2 Å². The molecule has 1 amide bonds. The van der Waals surface area contributed by atoms with E-state index in [1.165, 1.54) is 0 Å². The molecule has 2 saturated carbocycles. The normalized spacial score (nSPS) is 30.7. The number of nitrogens with zero attached hydrogens (tertiary/aromatic N) is 1. The predicted molar refractivity (Wildman–Crippen MR) is 165 cm³/mol. The standard InChI is InChI=1S/C33H50N4O7/c1-31(2,3)14-35-12-17-9-18(13-36-15-32(4,5)6)25(38)22-19(17)10-16-11-20-24(37(7)8)27(40)23(30(34)43)29(42)33(20,44)28(41)21(16)26(22)39/h9,16,20-21,23-24,27,35-36,38,40,44H,10-15H2,1-8H3,(H2,34,43)/t16-,20-,21?,23?,24?,27?,33-/m1/s1. The maximum Gasteiger partial charge on any atom is 0.230 e. The Morgan fingerprint density at radius 2 is 1.55 bits per heavy atom. The van der Waals surface area contributed by atoms with E-state index >= 15 is 0 Å². The second-order valence-electron chi connectivity index (χ2n) is 15.7. The number of phenols is 1. The van der Waals surface area contributed by atoms with E-state index in [9.17, 15) is 34.5 Å². The first kappa shape index (κ1) is 34.2. The van der Waals surface area contributed by atoms with E-state index in [0.717, 1.165) is 5.56 Å². The van der Waals surface area contributed by atoms with E-state index in [1.54, 1.807) is 19.0 Å². The molecule has 0 bridgehead atoms. The highest BCUT2D eigenvalue weighted by Crippen LogP contribution is 2.52. The number of Topliss-reactive ketones (excluding diaryl/α,β-unsaturated/α-hetero) is 3. The highest BCUT2D eigenvalue weighted by molar-refractivity contribution is 6.25. The molecule has 11 nitrogen and oxygen atoms in total. The highest BCUT2D eigenvalue weighted by atomic mass is 16.3. The van der Waals surface area contributed by atoms with Gasteiger partial charge in [0, 0.05) is 43.7 Å². The first-order chi connectivity index (χ1) is 20.2. The lowest BCUT2D eigenvalue weighted by Gasteiger charge is -2.55. The maximum atomic E-state index is 14.3. The molecule has 44 heavy (non-hydrogen) atoms. The third kappa shape index (κ3) is 6.09. The molecule has 1 aromatic carbocycles. The average molecular weight is 615 g/mol. The minimum atomic E-state index is -2.68. The van der Waals surface area contributed by atoms with Gasteiger partial charge >= 0.3 is 0 Å². The SMILES string of the molecule is CN(C)C1C(O)C(C(N)=O)C(=O)[C@]2(O)C(=O)C3C(=O)c4c(O)c(CNCC(C)(C)C)cc(CNCC(C)(C)C)c4C[C@@H]3C[C@H]12. The maximum absolute atomic E-state index is 14.3. The number of aliphatic hydroxyl groups is 2. The van der Waals surface area contributed by atoms with Crippen LogP contribution in [0.15, 0.2) is 6.07 Å². The topological polar surface area (TPSA) is 182 Å². The number of hydrogen-bond acceptors (Lipinski definition) is 10. The molecule has 0 saturated heterocycles. The third-order valence-corrected chi connectivity index (χ3v) is 9.40. The molecule has 0 aliphatic heterocycles. The zero-order valence-electron chi connectivity index (χ0n) is 27.3. The lowest BCUT2D eigenvalue weighted by molar-refractivity contribution is -0.190. The average Bonchev–Trinajstić information content (AvgIpc) is 2.86. The van der Waals surface area contributed by atoms with Crippen molar-refractivity contribution < 1.29 is 34.5 Å². The van der Waals surface area contributed by atoms with Gasteiger partial charge in [-0.1, -0.05) is 41.5 Å². The summed E-state index contributed by atoms with van der Waals surface area (Å²) in [6.45, 7) is 14.7. The first-order valence-electron chi connectivity index (χ1n) is 15.5. The summed E-state index contributed by atoms with van der Waals surface area (Å²) < 4.78 is 0. The Labute approximate surface area is 259 Å². The molecule has 7 N–H and O–H groups in total. The number of hydrogen-bond donors (Lipinski definition) is 6. The van der Waals surface area contributed by atoms with Crippen LogP contribution in [0.25, 0.3) is 0 Å². The number of rotatable bonds is 8. The Morgan fingerprint density at radius 1 is 1.00 bits per heavy atom. The lowest BCUT2D eigenvalue weighted by Crippen LogP contribution is -2.75. The van der Waals surface area contributed by atoms with Crippen LogP contribution >= 0.6 is 0 Å². The van der Waals surface area contributed by atoms with Gasteiger partial charge in [-0.15, -0.1) is 0 Å². The fourth-order valence-electron chi connectivity index (χ4n) is 7.46. The number of nitrogens with one attached hydrogen (secondary N) is 2. The smallest absolute Gasteiger partial charge is 0.230 e. The van der Waals surface area contributed by atoms with Crippen molar-refractivity contribution in [3.63, 3.8) is 0 Å². The van der Waals surface area contributed by atoms with Crippen molar-refractivity contribution in [1.82, 2.24) is 15.5 Å². The van der Waals surface area contributed by atoms with Gasteiger partial charge in [0.05, 0.1) is 17.6 Å². The molecule has 11 heteroatoms. The number of fused-ring (bicyclic) bond motifs is 3. The van der Waals surface area contributed by atoms with Crippen LogP contribution in [0.3, 0.4) is 0 Å². The summed E-state index contributed by atoms with van der Waals surface area (Å²) in [7, 11) is 3.26. The Bertz CT molecular complexity index is 1340. The number of aliphatic hydroxyl groups excluding tert-OH is 1. The summed E-state index contributed by atoms with van der Waals surface area (Å²) in [6, 6.07) is 0.969. The molecule has 3 aliphatic carbocycles. The fourth-order valence-corrected chi connectivity index (χ4v) is 7.46. The summed E-state index contributed by atoms with van der Waals surface area (Å²) in [5.74, 6) is -8.99. The molecule has 2 fully saturated rings. The Morgan fingerprint density at radius 3 is 2.05 bits per heavy atom. The van der Waals surface area contributed by atoms with Crippen LogP contribution in [-0.2, 0) is 33.9 Å². The Balaban J connectivity index is 1.80. The Hall–Kier alpha value is -2.70. The van der Waals surface area contributed by atoms with Crippen molar-refractivity contribution >= 4 is 23.3 Å².